The summed E-state index contributed by atoms with van der Waals surface area (Å²) in [6, 6.07) is 7.57. The minimum atomic E-state index is -0.699. The van der Waals surface area contributed by atoms with Crippen LogP contribution in [0.2, 0.25) is 0 Å². The molecule has 0 saturated heterocycles. The molecule has 0 bridgehead atoms. The first-order chi connectivity index (χ1) is 9.02. The lowest BCUT2D eigenvalue weighted by atomic mass is 10.1. The molecule has 102 valence electrons. The smallest absolute Gasteiger partial charge is 0.425 e. The molecule has 0 heterocycles. The van der Waals surface area contributed by atoms with E-state index < -0.39 is 6.09 Å². The van der Waals surface area contributed by atoms with Crippen LogP contribution in [0.3, 0.4) is 0 Å². The number of carbonyl (C=O) groups excluding carboxylic acids is 2. The fraction of sp³-hybridized carbons (Fsp3) is 0.250. The standard InChI is InChI=1S/C12H15N3O3S/c1-8-5-3-4-6-9(8)7-10(16)13-11(19)14-15-12(17)18-2/h3-6H,7H2,1-2H3,(H,15,17)(H2,13,14,16,19). The Balaban J connectivity index is 2.41. The van der Waals surface area contributed by atoms with Gasteiger partial charge in [-0.2, -0.15) is 0 Å². The summed E-state index contributed by atoms with van der Waals surface area (Å²) in [5.74, 6) is -0.265. The van der Waals surface area contributed by atoms with Crippen molar-refractivity contribution >= 4 is 29.3 Å². The number of hydrazine groups is 1. The van der Waals surface area contributed by atoms with Crippen molar-refractivity contribution < 1.29 is 14.3 Å². The lowest BCUT2D eigenvalue weighted by Crippen LogP contribution is -2.48. The normalized spacial score (nSPS) is 9.37. The van der Waals surface area contributed by atoms with Crippen molar-refractivity contribution in [3.8, 4) is 0 Å². The van der Waals surface area contributed by atoms with E-state index in [1.165, 1.54) is 7.11 Å². The minimum absolute atomic E-state index is 0.00369. The number of hydrogen-bond acceptors (Lipinski definition) is 4. The summed E-state index contributed by atoms with van der Waals surface area (Å²) in [5, 5.41) is 2.45. The Kier molecular flexibility index (Phi) is 5.74. The van der Waals surface area contributed by atoms with Crippen LogP contribution >= 0.6 is 12.2 Å². The van der Waals surface area contributed by atoms with Gasteiger partial charge >= 0.3 is 6.09 Å². The number of ether oxygens (including phenoxy) is 1. The van der Waals surface area contributed by atoms with E-state index in [1.54, 1.807) is 0 Å². The van der Waals surface area contributed by atoms with Crippen LogP contribution < -0.4 is 16.2 Å². The summed E-state index contributed by atoms with van der Waals surface area (Å²) < 4.78 is 4.33. The monoisotopic (exact) mass is 281 g/mol. The number of rotatable bonds is 2. The van der Waals surface area contributed by atoms with Crippen LogP contribution in [0.25, 0.3) is 0 Å². The molecule has 7 heteroatoms. The average Bonchev–Trinajstić information content (AvgIpc) is 2.38. The molecule has 0 aliphatic carbocycles. The van der Waals surface area contributed by atoms with Gasteiger partial charge < -0.3 is 10.1 Å². The van der Waals surface area contributed by atoms with Crippen LogP contribution in [-0.2, 0) is 16.0 Å². The Labute approximate surface area is 116 Å². The maximum absolute atomic E-state index is 11.7. The molecule has 0 aliphatic rings. The van der Waals surface area contributed by atoms with Crippen LogP contribution in [0, 0.1) is 6.92 Å². The molecule has 0 fully saturated rings. The molecule has 0 unspecified atom stereocenters. The van der Waals surface area contributed by atoms with E-state index in [1.807, 2.05) is 31.2 Å². The second-order valence-corrected chi connectivity index (χ2v) is 4.13. The highest BCUT2D eigenvalue weighted by molar-refractivity contribution is 7.80. The highest BCUT2D eigenvalue weighted by Crippen LogP contribution is 2.07. The summed E-state index contributed by atoms with van der Waals surface area (Å²) in [6.07, 6.45) is -0.484. The van der Waals surface area contributed by atoms with Crippen molar-refractivity contribution in [1.29, 1.82) is 0 Å². The molecule has 1 aromatic rings. The van der Waals surface area contributed by atoms with E-state index in [0.717, 1.165) is 11.1 Å². The van der Waals surface area contributed by atoms with Crippen molar-refractivity contribution in [3.05, 3.63) is 35.4 Å². The molecule has 6 nitrogen and oxygen atoms in total. The second kappa shape index (κ2) is 7.32. The molecule has 0 saturated carbocycles. The Bertz CT molecular complexity index is 491. The van der Waals surface area contributed by atoms with E-state index in [4.69, 9.17) is 12.2 Å². The zero-order valence-corrected chi connectivity index (χ0v) is 11.5. The number of carbonyl (C=O) groups is 2. The molecule has 2 amide bonds. The highest BCUT2D eigenvalue weighted by Gasteiger charge is 2.08. The van der Waals surface area contributed by atoms with Gasteiger partial charge in [-0.25, -0.2) is 10.2 Å². The summed E-state index contributed by atoms with van der Waals surface area (Å²) in [7, 11) is 1.22. The predicted octanol–water partition coefficient (Wildman–Crippen LogP) is 0.799. The van der Waals surface area contributed by atoms with Gasteiger partial charge in [-0.1, -0.05) is 24.3 Å². The van der Waals surface area contributed by atoms with Crippen molar-refractivity contribution in [3.63, 3.8) is 0 Å². The Morgan fingerprint density at radius 3 is 2.58 bits per heavy atom. The summed E-state index contributed by atoms with van der Waals surface area (Å²) in [4.78, 5) is 22.5. The van der Waals surface area contributed by atoms with Gasteiger partial charge in [0.1, 0.15) is 0 Å². The lowest BCUT2D eigenvalue weighted by Gasteiger charge is -2.10. The third kappa shape index (κ3) is 5.35. The summed E-state index contributed by atoms with van der Waals surface area (Å²) in [6.45, 7) is 1.93. The van der Waals surface area contributed by atoms with Crippen molar-refractivity contribution in [2.75, 3.05) is 7.11 Å². The van der Waals surface area contributed by atoms with Gasteiger partial charge in [0, 0.05) is 0 Å². The zero-order chi connectivity index (χ0) is 14.3. The van der Waals surface area contributed by atoms with E-state index in [2.05, 4.69) is 20.9 Å². The first-order valence-electron chi connectivity index (χ1n) is 5.51. The number of methoxy groups -OCH3 is 1. The van der Waals surface area contributed by atoms with Crippen LogP contribution in [0.15, 0.2) is 24.3 Å². The number of amides is 2. The number of thiocarbonyl (C=S) groups is 1. The Hall–Kier alpha value is -2.15. The largest absolute Gasteiger partial charge is 0.452 e. The first-order valence-corrected chi connectivity index (χ1v) is 5.92. The third-order valence-corrected chi connectivity index (χ3v) is 2.53. The number of benzene rings is 1. The van der Waals surface area contributed by atoms with Crippen LogP contribution in [-0.4, -0.2) is 24.2 Å². The molecule has 19 heavy (non-hydrogen) atoms. The summed E-state index contributed by atoms with van der Waals surface area (Å²) in [5.41, 5.74) is 6.44. The Morgan fingerprint density at radius 2 is 1.95 bits per heavy atom. The lowest BCUT2D eigenvalue weighted by molar-refractivity contribution is -0.119. The number of aryl methyl sites for hydroxylation is 1. The molecule has 1 aromatic carbocycles. The van der Waals surface area contributed by atoms with E-state index in [0.29, 0.717) is 0 Å². The topological polar surface area (TPSA) is 79.5 Å². The van der Waals surface area contributed by atoms with E-state index in [9.17, 15) is 9.59 Å². The molecule has 0 aromatic heterocycles. The summed E-state index contributed by atoms with van der Waals surface area (Å²) >= 11 is 4.83. The van der Waals surface area contributed by atoms with Gasteiger partial charge in [0.25, 0.3) is 0 Å². The minimum Gasteiger partial charge on any atom is -0.452 e. The van der Waals surface area contributed by atoms with Gasteiger partial charge in [0.05, 0.1) is 13.5 Å². The van der Waals surface area contributed by atoms with Gasteiger partial charge in [-0.15, -0.1) is 0 Å². The average molecular weight is 281 g/mol. The van der Waals surface area contributed by atoms with E-state index >= 15 is 0 Å². The van der Waals surface area contributed by atoms with Crippen LogP contribution in [0.5, 0.6) is 0 Å². The maximum Gasteiger partial charge on any atom is 0.425 e. The van der Waals surface area contributed by atoms with Crippen LogP contribution in [0.1, 0.15) is 11.1 Å². The fourth-order valence-electron chi connectivity index (χ4n) is 1.34. The fourth-order valence-corrected chi connectivity index (χ4v) is 1.51. The quantitative estimate of drug-likeness (QED) is 0.552. The molecular weight excluding hydrogens is 266 g/mol. The van der Waals surface area contributed by atoms with Gasteiger partial charge in [0.2, 0.25) is 5.91 Å². The second-order valence-electron chi connectivity index (χ2n) is 3.72. The first kappa shape index (κ1) is 14.9. The van der Waals surface area contributed by atoms with Crippen molar-refractivity contribution in [2.24, 2.45) is 0 Å². The SMILES string of the molecule is COC(=O)NNC(=S)NC(=O)Cc1ccccc1C. The maximum atomic E-state index is 11.7. The van der Waals surface area contributed by atoms with Crippen molar-refractivity contribution in [1.82, 2.24) is 16.2 Å². The Morgan fingerprint density at radius 1 is 1.26 bits per heavy atom. The zero-order valence-electron chi connectivity index (χ0n) is 10.6. The number of hydrogen-bond donors (Lipinski definition) is 3. The highest BCUT2D eigenvalue weighted by atomic mass is 32.1. The molecule has 1 rings (SSSR count). The molecule has 0 spiro atoms. The van der Waals surface area contributed by atoms with Crippen LogP contribution in [0.4, 0.5) is 4.79 Å². The van der Waals surface area contributed by atoms with Gasteiger partial charge in [-0.3, -0.25) is 10.2 Å². The van der Waals surface area contributed by atoms with Crippen molar-refractivity contribution in [2.45, 2.75) is 13.3 Å². The molecule has 0 aliphatic heterocycles. The number of nitrogens with one attached hydrogen (secondary N) is 3. The predicted molar refractivity (Wildman–Crippen MR) is 74.3 cm³/mol. The van der Waals surface area contributed by atoms with Gasteiger partial charge in [0.15, 0.2) is 5.11 Å². The molecule has 0 atom stereocenters. The van der Waals surface area contributed by atoms with E-state index in [-0.39, 0.29) is 17.4 Å². The van der Waals surface area contributed by atoms with Gasteiger partial charge in [-0.05, 0) is 30.3 Å². The molecule has 3 N–H and O–H groups in total. The molecular formula is C12H15N3O3S. The molecule has 0 radical (unpaired) electrons. The third-order valence-electron chi connectivity index (χ3n) is 2.33.